The number of benzene rings is 1. The molecule has 1 fully saturated rings. The summed E-state index contributed by atoms with van der Waals surface area (Å²) in [6, 6.07) is 5.83. The molecule has 1 aliphatic heterocycles. The third kappa shape index (κ3) is 4.77. The number of carbonyl (C=O) groups excluding carboxylic acids is 1. The van der Waals surface area contributed by atoms with E-state index in [9.17, 15) is 9.59 Å². The van der Waals surface area contributed by atoms with Gasteiger partial charge in [-0.2, -0.15) is 0 Å². The topological polar surface area (TPSA) is 69.6 Å². The first-order valence-electron chi connectivity index (χ1n) is 10.5. The number of halogens is 1. The zero-order valence-corrected chi connectivity index (χ0v) is 18.3. The van der Waals surface area contributed by atoms with Gasteiger partial charge in [0.1, 0.15) is 0 Å². The van der Waals surface area contributed by atoms with Gasteiger partial charge >= 0.3 is 12.0 Å². The number of hydrogen-bond acceptors (Lipinski definition) is 2. The highest BCUT2D eigenvalue weighted by Gasteiger charge is 2.39. The highest BCUT2D eigenvalue weighted by molar-refractivity contribution is 6.31. The van der Waals surface area contributed by atoms with E-state index in [0.717, 1.165) is 34.1 Å². The van der Waals surface area contributed by atoms with Crippen LogP contribution in [0.5, 0.6) is 0 Å². The molecule has 0 radical (unpaired) electrons. The average molecular weight is 419 g/mol. The molecule has 0 unspecified atom stereocenters. The molecule has 6 heteroatoms. The van der Waals surface area contributed by atoms with Crippen LogP contribution in [0.2, 0.25) is 5.02 Å². The largest absolute Gasteiger partial charge is 0.481 e. The van der Waals surface area contributed by atoms with Crippen LogP contribution < -0.4 is 5.32 Å². The Hall–Kier alpha value is -2.01. The van der Waals surface area contributed by atoms with Crippen LogP contribution in [0.3, 0.4) is 0 Å². The molecule has 0 spiro atoms. The van der Waals surface area contributed by atoms with Crippen molar-refractivity contribution in [3.63, 3.8) is 0 Å². The highest BCUT2D eigenvalue weighted by atomic mass is 35.5. The normalized spacial score (nSPS) is 22.3. The molecule has 1 heterocycles. The van der Waals surface area contributed by atoms with Crippen molar-refractivity contribution in [2.45, 2.75) is 64.8 Å². The second kappa shape index (κ2) is 8.78. The minimum absolute atomic E-state index is 0.0898. The molecular weight excluding hydrogens is 388 g/mol. The molecule has 1 aromatic rings. The maximum absolute atomic E-state index is 12.7. The monoisotopic (exact) mass is 418 g/mol. The summed E-state index contributed by atoms with van der Waals surface area (Å²) in [5.41, 5.74) is 2.45. The number of nitrogens with one attached hydrogen (secondary N) is 1. The molecule has 1 atom stereocenters. The Balaban J connectivity index is 1.84. The van der Waals surface area contributed by atoms with Gasteiger partial charge in [-0.3, -0.25) is 4.79 Å². The number of aryl methyl sites for hydroxylation is 1. The summed E-state index contributed by atoms with van der Waals surface area (Å²) in [6.45, 7) is 6.29. The Bertz CT molecular complexity index is 816. The van der Waals surface area contributed by atoms with Crippen LogP contribution in [-0.4, -0.2) is 28.6 Å². The lowest BCUT2D eigenvalue weighted by Crippen LogP contribution is -2.55. The first kappa shape index (κ1) is 21.7. The maximum Gasteiger partial charge on any atom is 0.322 e. The van der Waals surface area contributed by atoms with Gasteiger partial charge in [-0.15, -0.1) is 0 Å². The van der Waals surface area contributed by atoms with Crippen molar-refractivity contribution in [1.82, 2.24) is 10.2 Å². The van der Waals surface area contributed by atoms with E-state index in [2.05, 4.69) is 31.3 Å². The standard InChI is InChI=1S/C23H31ClN2O3/c1-15(2)19-14-26(12-11-21(27)28)22(29)25-23(19,3)18-10-9-17(20(24)13-18)8-7-16-5-4-6-16/h9-10,13-16H,4-8,11-12H2,1-3H3,(H,25,29)(H,27,28)/t23-/m0/s1. The quantitative estimate of drug-likeness (QED) is 0.599. The summed E-state index contributed by atoms with van der Waals surface area (Å²) < 4.78 is 0. The molecule has 0 aromatic heterocycles. The van der Waals surface area contributed by atoms with E-state index in [0.29, 0.717) is 0 Å². The maximum atomic E-state index is 12.7. The smallest absolute Gasteiger partial charge is 0.322 e. The number of aliphatic carboxylic acids is 1. The summed E-state index contributed by atoms with van der Waals surface area (Å²) in [5, 5.41) is 12.8. The van der Waals surface area contributed by atoms with E-state index in [1.807, 2.05) is 19.2 Å². The zero-order chi connectivity index (χ0) is 21.2. The number of carboxylic acids is 1. The van der Waals surface area contributed by atoms with Crippen molar-refractivity contribution >= 4 is 23.6 Å². The van der Waals surface area contributed by atoms with E-state index in [1.54, 1.807) is 0 Å². The number of nitrogens with zero attached hydrogens (tertiary/aromatic N) is 1. The van der Waals surface area contributed by atoms with Crippen LogP contribution in [0.4, 0.5) is 4.79 Å². The minimum atomic E-state index is -0.921. The van der Waals surface area contributed by atoms with Crippen molar-refractivity contribution in [3.8, 4) is 0 Å². The Morgan fingerprint density at radius 2 is 2.10 bits per heavy atom. The molecule has 2 amide bonds. The van der Waals surface area contributed by atoms with Gasteiger partial charge < -0.3 is 15.3 Å². The lowest BCUT2D eigenvalue weighted by atomic mass is 9.77. The van der Waals surface area contributed by atoms with E-state index in [-0.39, 0.29) is 24.9 Å². The number of carboxylic acid groups (broad SMARTS) is 1. The fourth-order valence-corrected chi connectivity index (χ4v) is 4.54. The van der Waals surface area contributed by atoms with Gasteiger partial charge in [-0.1, -0.05) is 56.8 Å². The Labute approximate surface area is 178 Å². The van der Waals surface area contributed by atoms with Crippen molar-refractivity contribution in [3.05, 3.63) is 46.1 Å². The molecule has 3 rings (SSSR count). The Morgan fingerprint density at radius 3 is 2.66 bits per heavy atom. The van der Waals surface area contributed by atoms with Gasteiger partial charge in [-0.05, 0) is 54.4 Å². The first-order valence-corrected chi connectivity index (χ1v) is 10.9. The molecule has 2 aliphatic rings. The van der Waals surface area contributed by atoms with Crippen LogP contribution >= 0.6 is 11.6 Å². The second-order valence-corrected chi connectivity index (χ2v) is 9.18. The zero-order valence-electron chi connectivity index (χ0n) is 17.5. The first-order chi connectivity index (χ1) is 13.7. The number of amides is 2. The third-order valence-electron chi connectivity index (χ3n) is 6.36. The van der Waals surface area contributed by atoms with Crippen LogP contribution in [-0.2, 0) is 16.8 Å². The van der Waals surface area contributed by atoms with Crippen LogP contribution in [0.1, 0.15) is 64.0 Å². The predicted octanol–water partition coefficient (Wildman–Crippen LogP) is 5.33. The summed E-state index contributed by atoms with van der Waals surface area (Å²) in [7, 11) is 0. The molecule has 0 saturated heterocycles. The molecule has 29 heavy (non-hydrogen) atoms. The molecule has 0 bridgehead atoms. The van der Waals surface area contributed by atoms with E-state index >= 15 is 0 Å². The Morgan fingerprint density at radius 1 is 1.38 bits per heavy atom. The van der Waals surface area contributed by atoms with Gasteiger partial charge in [-0.25, -0.2) is 4.79 Å². The Kier molecular flexibility index (Phi) is 6.57. The van der Waals surface area contributed by atoms with Crippen molar-refractivity contribution in [2.24, 2.45) is 11.8 Å². The fourth-order valence-electron chi connectivity index (χ4n) is 4.26. The highest BCUT2D eigenvalue weighted by Crippen LogP contribution is 2.39. The SMILES string of the molecule is CC(C)C1=CN(CCC(=O)O)C(=O)N[C@@]1(C)c1ccc(CCC2CCC2)c(Cl)c1. The molecule has 1 saturated carbocycles. The second-order valence-electron chi connectivity index (χ2n) is 8.77. The molecule has 5 nitrogen and oxygen atoms in total. The lowest BCUT2D eigenvalue weighted by Gasteiger charge is -2.42. The van der Waals surface area contributed by atoms with Gasteiger partial charge in [0.25, 0.3) is 0 Å². The summed E-state index contributed by atoms with van der Waals surface area (Å²) in [6.07, 6.45) is 7.91. The van der Waals surface area contributed by atoms with E-state index in [4.69, 9.17) is 16.7 Å². The van der Waals surface area contributed by atoms with Crippen molar-refractivity contribution < 1.29 is 14.7 Å². The summed E-state index contributed by atoms with van der Waals surface area (Å²) in [5.74, 6) is 0.0908. The van der Waals surface area contributed by atoms with Gasteiger partial charge in [0, 0.05) is 17.8 Å². The summed E-state index contributed by atoms with van der Waals surface area (Å²) in [4.78, 5) is 25.0. The molecule has 1 aromatic carbocycles. The van der Waals surface area contributed by atoms with E-state index in [1.165, 1.54) is 30.6 Å². The lowest BCUT2D eigenvalue weighted by molar-refractivity contribution is -0.137. The van der Waals surface area contributed by atoms with Crippen molar-refractivity contribution in [1.29, 1.82) is 0 Å². The molecule has 1 aliphatic carbocycles. The molecular formula is C23H31ClN2O3. The van der Waals surface area contributed by atoms with E-state index < -0.39 is 11.5 Å². The third-order valence-corrected chi connectivity index (χ3v) is 6.71. The number of urea groups is 1. The average Bonchev–Trinajstić information content (AvgIpc) is 2.60. The predicted molar refractivity (Wildman–Crippen MR) is 115 cm³/mol. The minimum Gasteiger partial charge on any atom is -0.481 e. The fraction of sp³-hybridized carbons (Fsp3) is 0.565. The van der Waals surface area contributed by atoms with Gasteiger partial charge in [0.15, 0.2) is 0 Å². The summed E-state index contributed by atoms with van der Waals surface area (Å²) >= 11 is 6.62. The van der Waals surface area contributed by atoms with Crippen molar-refractivity contribution in [2.75, 3.05) is 6.54 Å². The number of hydrogen-bond donors (Lipinski definition) is 2. The van der Waals surface area contributed by atoms with Gasteiger partial charge in [0.05, 0.1) is 12.0 Å². The van der Waals surface area contributed by atoms with Crippen LogP contribution in [0, 0.1) is 11.8 Å². The molecule has 2 N–H and O–H groups in total. The van der Waals surface area contributed by atoms with Crippen LogP contribution in [0.15, 0.2) is 30.0 Å². The molecule has 158 valence electrons. The van der Waals surface area contributed by atoms with Gasteiger partial charge in [0.2, 0.25) is 0 Å². The number of carbonyl (C=O) groups is 2. The number of rotatable bonds is 8. The van der Waals surface area contributed by atoms with Crippen LogP contribution in [0.25, 0.3) is 0 Å².